The molecule has 4 nitrogen and oxygen atoms in total. The van der Waals surface area contributed by atoms with Gasteiger partial charge in [-0.1, -0.05) is 0 Å². The average molecular weight is 185 g/mol. The second kappa shape index (κ2) is 3.55. The van der Waals surface area contributed by atoms with Crippen molar-refractivity contribution in [1.29, 1.82) is 0 Å². The van der Waals surface area contributed by atoms with Crippen LogP contribution in [0.4, 0.5) is 4.39 Å². The Morgan fingerprint density at radius 3 is 2.69 bits per heavy atom. The monoisotopic (exact) mass is 185 g/mol. The number of carbonyl (C=O) groups is 1. The molecule has 0 bridgehead atoms. The van der Waals surface area contributed by atoms with E-state index in [-0.39, 0.29) is 5.56 Å². The van der Waals surface area contributed by atoms with E-state index in [0.29, 0.717) is 12.2 Å². The van der Waals surface area contributed by atoms with E-state index in [1.165, 1.54) is 7.05 Å². The molecule has 0 saturated carbocycles. The molecule has 1 amide bonds. The summed E-state index contributed by atoms with van der Waals surface area (Å²) < 4.78 is 14.3. The summed E-state index contributed by atoms with van der Waals surface area (Å²) in [4.78, 5) is 11.3. The van der Waals surface area contributed by atoms with Crippen molar-refractivity contribution in [2.24, 2.45) is 7.05 Å². The zero-order chi connectivity index (χ0) is 10.0. The molecule has 1 aromatic heterocycles. The average Bonchev–Trinajstić information content (AvgIpc) is 2.27. The van der Waals surface area contributed by atoms with Crippen molar-refractivity contribution in [3.05, 3.63) is 17.2 Å². The molecule has 13 heavy (non-hydrogen) atoms. The fraction of sp³-hybridized carbons (Fsp3) is 0.500. The Kier molecular flexibility index (Phi) is 2.65. The molecule has 0 aromatic carbocycles. The second-order valence-electron chi connectivity index (χ2n) is 2.73. The van der Waals surface area contributed by atoms with Gasteiger partial charge in [-0.15, -0.1) is 0 Å². The fourth-order valence-electron chi connectivity index (χ4n) is 1.14. The molecule has 1 N–H and O–H groups in total. The minimum absolute atomic E-state index is 0.0318. The number of aromatic nitrogens is 2. The summed E-state index contributed by atoms with van der Waals surface area (Å²) in [5, 5.41) is 6.32. The van der Waals surface area contributed by atoms with Gasteiger partial charge in [0.15, 0.2) is 0 Å². The van der Waals surface area contributed by atoms with E-state index >= 15 is 0 Å². The first-order chi connectivity index (χ1) is 6.07. The van der Waals surface area contributed by atoms with Crippen molar-refractivity contribution in [2.45, 2.75) is 13.8 Å². The lowest BCUT2D eigenvalue weighted by Gasteiger charge is -1.99. The van der Waals surface area contributed by atoms with Gasteiger partial charge in [0, 0.05) is 13.6 Å². The highest BCUT2D eigenvalue weighted by Crippen LogP contribution is 2.10. The first kappa shape index (κ1) is 9.70. The van der Waals surface area contributed by atoms with Gasteiger partial charge in [0.2, 0.25) is 5.95 Å². The van der Waals surface area contributed by atoms with E-state index in [0.717, 1.165) is 4.68 Å². The normalized spacial score (nSPS) is 10.2. The lowest BCUT2D eigenvalue weighted by Crippen LogP contribution is -2.24. The number of aryl methyl sites for hydroxylation is 2. The maximum atomic E-state index is 13.2. The van der Waals surface area contributed by atoms with Crippen molar-refractivity contribution in [2.75, 3.05) is 6.54 Å². The third-order valence-corrected chi connectivity index (χ3v) is 1.72. The van der Waals surface area contributed by atoms with Crippen molar-refractivity contribution < 1.29 is 9.18 Å². The van der Waals surface area contributed by atoms with Gasteiger partial charge in [-0.3, -0.25) is 4.79 Å². The topological polar surface area (TPSA) is 46.9 Å². The van der Waals surface area contributed by atoms with Crippen LogP contribution in [-0.4, -0.2) is 22.2 Å². The van der Waals surface area contributed by atoms with E-state index in [9.17, 15) is 9.18 Å². The first-order valence-electron chi connectivity index (χ1n) is 4.05. The Labute approximate surface area is 75.7 Å². The van der Waals surface area contributed by atoms with Gasteiger partial charge in [-0.2, -0.15) is 9.49 Å². The van der Waals surface area contributed by atoms with Crippen molar-refractivity contribution in [3.8, 4) is 0 Å². The molecule has 5 heteroatoms. The van der Waals surface area contributed by atoms with Gasteiger partial charge < -0.3 is 5.32 Å². The quantitative estimate of drug-likeness (QED) is 0.734. The van der Waals surface area contributed by atoms with Crippen LogP contribution in [0.15, 0.2) is 0 Å². The Bertz CT molecular complexity index is 332. The predicted molar refractivity (Wildman–Crippen MR) is 45.9 cm³/mol. The first-order valence-corrected chi connectivity index (χ1v) is 4.05. The number of nitrogens with one attached hydrogen (secondary N) is 1. The molecule has 0 saturated heterocycles. The third-order valence-electron chi connectivity index (χ3n) is 1.72. The molecule has 0 aliphatic heterocycles. The Hall–Kier alpha value is -1.39. The molecule has 0 spiro atoms. The lowest BCUT2D eigenvalue weighted by molar-refractivity contribution is 0.0950. The van der Waals surface area contributed by atoms with Crippen LogP contribution < -0.4 is 5.32 Å². The summed E-state index contributed by atoms with van der Waals surface area (Å²) in [5.74, 6) is -1.01. The van der Waals surface area contributed by atoms with E-state index in [1.54, 1.807) is 13.8 Å². The summed E-state index contributed by atoms with van der Waals surface area (Å²) in [7, 11) is 1.46. The molecule has 1 rings (SSSR count). The molecule has 1 aromatic rings. The number of amides is 1. The Morgan fingerprint density at radius 1 is 1.69 bits per heavy atom. The van der Waals surface area contributed by atoms with Crippen LogP contribution in [-0.2, 0) is 7.05 Å². The Morgan fingerprint density at radius 2 is 2.31 bits per heavy atom. The van der Waals surface area contributed by atoms with Gasteiger partial charge in [0.25, 0.3) is 5.91 Å². The summed E-state index contributed by atoms with van der Waals surface area (Å²) >= 11 is 0. The SMILES string of the molecule is CCNC(=O)c1c(C)nn(C)c1F. The van der Waals surface area contributed by atoms with Gasteiger partial charge in [0.05, 0.1) is 5.69 Å². The van der Waals surface area contributed by atoms with Crippen LogP contribution >= 0.6 is 0 Å². The maximum absolute atomic E-state index is 13.2. The standard InChI is InChI=1S/C8H12FN3O/c1-4-10-8(13)6-5(2)11-12(3)7(6)9/h4H2,1-3H3,(H,10,13). The number of halogens is 1. The zero-order valence-electron chi connectivity index (χ0n) is 7.89. The Balaban J connectivity index is 3.06. The van der Waals surface area contributed by atoms with E-state index < -0.39 is 11.9 Å². The molecule has 0 unspecified atom stereocenters. The van der Waals surface area contributed by atoms with Gasteiger partial charge in [-0.05, 0) is 13.8 Å². The molecule has 0 atom stereocenters. The van der Waals surface area contributed by atoms with Gasteiger partial charge in [-0.25, -0.2) is 4.68 Å². The minimum atomic E-state index is -0.594. The van der Waals surface area contributed by atoms with Crippen LogP contribution in [0, 0.1) is 12.9 Å². The maximum Gasteiger partial charge on any atom is 0.257 e. The molecular formula is C8H12FN3O. The van der Waals surface area contributed by atoms with E-state index in [2.05, 4.69) is 10.4 Å². The summed E-state index contributed by atoms with van der Waals surface area (Å²) in [6, 6.07) is 0. The van der Waals surface area contributed by atoms with E-state index in [1.807, 2.05) is 0 Å². The summed E-state index contributed by atoms with van der Waals surface area (Å²) in [6.07, 6.45) is 0. The molecule has 0 fully saturated rings. The number of rotatable bonds is 2. The van der Waals surface area contributed by atoms with Crippen molar-refractivity contribution in [3.63, 3.8) is 0 Å². The smallest absolute Gasteiger partial charge is 0.257 e. The third kappa shape index (κ3) is 1.68. The second-order valence-corrected chi connectivity index (χ2v) is 2.73. The van der Waals surface area contributed by atoms with Crippen LogP contribution in [0.2, 0.25) is 0 Å². The van der Waals surface area contributed by atoms with Crippen LogP contribution in [0.25, 0.3) is 0 Å². The predicted octanol–water partition coefficient (Wildman–Crippen LogP) is 0.617. The number of nitrogens with zero attached hydrogens (tertiary/aromatic N) is 2. The highest BCUT2D eigenvalue weighted by molar-refractivity contribution is 5.95. The highest BCUT2D eigenvalue weighted by Gasteiger charge is 2.19. The number of hydrogen-bond acceptors (Lipinski definition) is 2. The zero-order valence-corrected chi connectivity index (χ0v) is 7.89. The van der Waals surface area contributed by atoms with Crippen LogP contribution in [0.1, 0.15) is 23.0 Å². The summed E-state index contributed by atoms with van der Waals surface area (Å²) in [5.41, 5.74) is 0.440. The fourth-order valence-corrected chi connectivity index (χ4v) is 1.14. The van der Waals surface area contributed by atoms with Gasteiger partial charge >= 0.3 is 0 Å². The number of carbonyl (C=O) groups excluding carboxylic acids is 1. The van der Waals surface area contributed by atoms with Gasteiger partial charge in [0.1, 0.15) is 5.56 Å². The molecule has 0 aliphatic rings. The molecule has 0 aliphatic carbocycles. The molecular weight excluding hydrogens is 173 g/mol. The molecule has 72 valence electrons. The largest absolute Gasteiger partial charge is 0.352 e. The molecule has 0 radical (unpaired) electrons. The van der Waals surface area contributed by atoms with Crippen molar-refractivity contribution in [1.82, 2.24) is 15.1 Å². The van der Waals surface area contributed by atoms with Crippen LogP contribution in [0.5, 0.6) is 0 Å². The summed E-state index contributed by atoms with van der Waals surface area (Å²) in [6.45, 7) is 3.86. The molecule has 1 heterocycles. The van der Waals surface area contributed by atoms with E-state index in [4.69, 9.17) is 0 Å². The highest BCUT2D eigenvalue weighted by atomic mass is 19.1. The number of hydrogen-bond donors (Lipinski definition) is 1. The lowest BCUT2D eigenvalue weighted by atomic mass is 10.2. The van der Waals surface area contributed by atoms with Crippen molar-refractivity contribution >= 4 is 5.91 Å². The minimum Gasteiger partial charge on any atom is -0.352 e. The van der Waals surface area contributed by atoms with Crippen LogP contribution in [0.3, 0.4) is 0 Å².